The summed E-state index contributed by atoms with van der Waals surface area (Å²) >= 11 is 7.41. The van der Waals surface area contributed by atoms with Gasteiger partial charge in [-0.2, -0.15) is 0 Å². The van der Waals surface area contributed by atoms with E-state index >= 15 is 0 Å². The molecule has 1 aliphatic heterocycles. The van der Waals surface area contributed by atoms with Crippen LogP contribution in [0.15, 0.2) is 72.3 Å². The van der Waals surface area contributed by atoms with E-state index in [9.17, 15) is 14.7 Å². The van der Waals surface area contributed by atoms with E-state index in [1.165, 1.54) is 16.2 Å². The molecule has 5 rings (SSSR count). The first kappa shape index (κ1) is 24.8. The summed E-state index contributed by atoms with van der Waals surface area (Å²) in [6.07, 6.45) is 0.866. The Balaban J connectivity index is 1.66. The highest BCUT2D eigenvalue weighted by Gasteiger charge is 2.48. The molecule has 1 unspecified atom stereocenters. The van der Waals surface area contributed by atoms with Crippen LogP contribution >= 0.6 is 22.9 Å². The molecule has 1 aromatic heterocycles. The molecular weight excluding hydrogens is 512 g/mol. The summed E-state index contributed by atoms with van der Waals surface area (Å²) in [5.41, 5.74) is 1.66. The molecule has 0 bridgehead atoms. The Bertz CT molecular complexity index is 1510. The summed E-state index contributed by atoms with van der Waals surface area (Å²) in [7, 11) is 1.54. The van der Waals surface area contributed by atoms with Gasteiger partial charge in [-0.25, -0.2) is 4.98 Å². The van der Waals surface area contributed by atoms with E-state index < -0.39 is 17.7 Å². The average Bonchev–Trinajstić information content (AvgIpc) is 3.45. The quantitative estimate of drug-likeness (QED) is 0.168. The van der Waals surface area contributed by atoms with Gasteiger partial charge in [0.15, 0.2) is 5.13 Å². The largest absolute Gasteiger partial charge is 0.507 e. The number of halogens is 1. The second-order valence-corrected chi connectivity index (χ2v) is 9.87. The van der Waals surface area contributed by atoms with Crippen molar-refractivity contribution in [3.05, 3.63) is 88.5 Å². The van der Waals surface area contributed by atoms with Crippen LogP contribution in [0.1, 0.15) is 30.5 Å². The first-order valence-electron chi connectivity index (χ1n) is 11.7. The predicted molar refractivity (Wildman–Crippen MR) is 145 cm³/mol. The van der Waals surface area contributed by atoms with Gasteiger partial charge < -0.3 is 14.6 Å². The van der Waals surface area contributed by atoms with E-state index in [4.69, 9.17) is 21.1 Å². The molecule has 1 aliphatic rings. The molecule has 3 aromatic carbocycles. The minimum absolute atomic E-state index is 0.0188. The molecule has 1 saturated heterocycles. The number of carbonyl (C=O) groups is 2. The third-order valence-electron chi connectivity index (χ3n) is 6.02. The number of thiazole rings is 1. The third kappa shape index (κ3) is 4.65. The first-order chi connectivity index (χ1) is 17.9. The van der Waals surface area contributed by atoms with Crippen LogP contribution in [0, 0.1) is 0 Å². The van der Waals surface area contributed by atoms with Crippen molar-refractivity contribution >= 4 is 55.7 Å². The van der Waals surface area contributed by atoms with Crippen LogP contribution in [0.5, 0.6) is 11.5 Å². The molecular formula is C28H23ClN2O5S. The van der Waals surface area contributed by atoms with E-state index in [1.807, 2.05) is 6.92 Å². The Kier molecular flexibility index (Phi) is 6.86. The van der Waals surface area contributed by atoms with Crippen molar-refractivity contribution in [3.63, 3.8) is 0 Å². The molecule has 1 atom stereocenters. The molecule has 7 nitrogen and oxygen atoms in total. The fourth-order valence-electron chi connectivity index (χ4n) is 4.21. The highest BCUT2D eigenvalue weighted by atomic mass is 35.5. The zero-order chi connectivity index (χ0) is 26.1. The third-order valence-corrected chi connectivity index (χ3v) is 7.27. The van der Waals surface area contributed by atoms with Crippen molar-refractivity contribution in [2.75, 3.05) is 18.6 Å². The SMILES string of the molecule is CCCOc1ccc(C2/C(=C(\O)c3ccc(OC)cc3)C(=O)C(=O)N2c2nc3ccc(Cl)cc3s2)cc1. The van der Waals surface area contributed by atoms with E-state index in [0.717, 1.165) is 11.1 Å². The molecule has 0 spiro atoms. The number of methoxy groups -OCH3 is 1. The number of rotatable bonds is 7. The van der Waals surface area contributed by atoms with Gasteiger partial charge in [0.1, 0.15) is 17.3 Å². The second-order valence-electron chi connectivity index (χ2n) is 8.42. The summed E-state index contributed by atoms with van der Waals surface area (Å²) in [5, 5.41) is 12.2. The van der Waals surface area contributed by atoms with Crippen LogP contribution in [0.2, 0.25) is 5.02 Å². The number of hydrogen-bond acceptors (Lipinski definition) is 7. The smallest absolute Gasteiger partial charge is 0.301 e. The number of carbonyl (C=O) groups excluding carboxylic acids is 2. The maximum Gasteiger partial charge on any atom is 0.301 e. The van der Waals surface area contributed by atoms with Gasteiger partial charge in [0.05, 0.1) is 35.5 Å². The average molecular weight is 535 g/mol. The van der Waals surface area contributed by atoms with Crippen LogP contribution in [0.3, 0.4) is 0 Å². The number of ketones is 1. The summed E-state index contributed by atoms with van der Waals surface area (Å²) < 4.78 is 11.7. The number of aliphatic hydroxyl groups excluding tert-OH is 1. The predicted octanol–water partition coefficient (Wildman–Crippen LogP) is 6.37. The summed E-state index contributed by atoms with van der Waals surface area (Å²) in [6.45, 7) is 2.59. The standard InChI is InChI=1S/C28H23ClN2O5S/c1-3-14-36-20-11-4-16(5-12-20)24-23(25(32)17-6-9-19(35-2)10-7-17)26(33)27(34)31(24)28-30-21-13-8-18(29)15-22(21)37-28/h4-13,15,24,32H,3,14H2,1-2H3/b25-23+. The van der Waals surface area contributed by atoms with Gasteiger partial charge >= 0.3 is 5.91 Å². The van der Waals surface area contributed by atoms with Gasteiger partial charge in [-0.15, -0.1) is 0 Å². The van der Waals surface area contributed by atoms with Crippen molar-refractivity contribution in [3.8, 4) is 11.5 Å². The Morgan fingerprint density at radius 1 is 1.05 bits per heavy atom. The molecule has 188 valence electrons. The van der Waals surface area contributed by atoms with Crippen LogP contribution < -0.4 is 14.4 Å². The van der Waals surface area contributed by atoms with Crippen molar-refractivity contribution in [2.45, 2.75) is 19.4 Å². The van der Waals surface area contributed by atoms with Gasteiger partial charge in [0, 0.05) is 10.6 Å². The van der Waals surface area contributed by atoms with Gasteiger partial charge in [0.25, 0.3) is 5.78 Å². The molecule has 0 radical (unpaired) electrons. The number of anilines is 1. The zero-order valence-corrected chi connectivity index (χ0v) is 21.7. The van der Waals surface area contributed by atoms with E-state index in [-0.39, 0.29) is 11.3 Å². The monoisotopic (exact) mass is 534 g/mol. The Morgan fingerprint density at radius 2 is 1.76 bits per heavy atom. The summed E-state index contributed by atoms with van der Waals surface area (Å²) in [6, 6.07) is 18.2. The molecule has 0 saturated carbocycles. The number of fused-ring (bicyclic) bond motifs is 1. The lowest BCUT2D eigenvalue weighted by atomic mass is 9.95. The fraction of sp³-hybridized carbons (Fsp3) is 0.179. The van der Waals surface area contributed by atoms with Gasteiger partial charge in [-0.1, -0.05) is 42.0 Å². The number of nitrogens with zero attached hydrogens (tertiary/aromatic N) is 2. The van der Waals surface area contributed by atoms with Crippen molar-refractivity contribution in [1.29, 1.82) is 0 Å². The van der Waals surface area contributed by atoms with Crippen LogP contribution in [-0.2, 0) is 9.59 Å². The topological polar surface area (TPSA) is 89.0 Å². The van der Waals surface area contributed by atoms with Crippen LogP contribution in [0.4, 0.5) is 5.13 Å². The lowest BCUT2D eigenvalue weighted by molar-refractivity contribution is -0.132. The molecule has 37 heavy (non-hydrogen) atoms. The fourth-order valence-corrected chi connectivity index (χ4v) is 5.47. The number of benzene rings is 3. The van der Waals surface area contributed by atoms with Crippen LogP contribution in [0.25, 0.3) is 16.0 Å². The first-order valence-corrected chi connectivity index (χ1v) is 12.8. The van der Waals surface area contributed by atoms with Crippen molar-refractivity contribution in [1.82, 2.24) is 4.98 Å². The minimum Gasteiger partial charge on any atom is -0.507 e. The molecule has 0 aliphatic carbocycles. The Labute approximate surface area is 222 Å². The maximum atomic E-state index is 13.4. The van der Waals surface area contributed by atoms with Crippen LogP contribution in [-0.4, -0.2) is 35.5 Å². The number of aliphatic hydroxyl groups is 1. The van der Waals surface area contributed by atoms with Crippen molar-refractivity contribution < 1.29 is 24.2 Å². The zero-order valence-electron chi connectivity index (χ0n) is 20.1. The lowest BCUT2D eigenvalue weighted by Crippen LogP contribution is -2.29. The lowest BCUT2D eigenvalue weighted by Gasteiger charge is -2.23. The Hall–Kier alpha value is -3.88. The summed E-state index contributed by atoms with van der Waals surface area (Å²) in [4.78, 5) is 32.8. The molecule has 9 heteroatoms. The van der Waals surface area contributed by atoms with E-state index in [0.29, 0.717) is 44.9 Å². The minimum atomic E-state index is -0.890. The van der Waals surface area contributed by atoms with Gasteiger partial charge in [-0.05, 0) is 66.6 Å². The number of amides is 1. The van der Waals surface area contributed by atoms with Gasteiger partial charge in [-0.3, -0.25) is 14.5 Å². The normalized spacial score (nSPS) is 16.9. The molecule has 1 fully saturated rings. The van der Waals surface area contributed by atoms with Crippen molar-refractivity contribution in [2.24, 2.45) is 0 Å². The molecule has 1 N–H and O–H groups in total. The molecule has 1 amide bonds. The number of ether oxygens (including phenoxy) is 2. The Morgan fingerprint density at radius 3 is 2.43 bits per heavy atom. The number of Topliss-reactive ketones (excluding diaryl/α,β-unsaturated/α-hetero) is 1. The highest BCUT2D eigenvalue weighted by Crippen LogP contribution is 2.44. The molecule has 4 aromatic rings. The summed E-state index contributed by atoms with van der Waals surface area (Å²) in [5.74, 6) is -0.556. The maximum absolute atomic E-state index is 13.4. The second kappa shape index (κ2) is 10.2. The van der Waals surface area contributed by atoms with E-state index in [1.54, 1.807) is 73.8 Å². The van der Waals surface area contributed by atoms with Gasteiger partial charge in [0.2, 0.25) is 0 Å². The highest BCUT2D eigenvalue weighted by molar-refractivity contribution is 7.22. The number of aromatic nitrogens is 1. The number of hydrogen-bond donors (Lipinski definition) is 1. The van der Waals surface area contributed by atoms with E-state index in [2.05, 4.69) is 4.98 Å². The molecule has 2 heterocycles.